The van der Waals surface area contributed by atoms with Crippen LogP contribution in [-0.4, -0.2) is 14.4 Å². The Bertz CT molecular complexity index is 784. The van der Waals surface area contributed by atoms with Crippen LogP contribution in [0.1, 0.15) is 18.5 Å². The standard InChI is InChI=1S/C15H14Cl2N2O3S/c1-9(12-3-2-4-13(16)14(12)17)18-15(20)19-10-5-7-11(8-6-10)23(21)22/h2-9,23H,1H3,(H2,18,19,20)/t9-/m0/s1. The van der Waals surface area contributed by atoms with Crippen molar-refractivity contribution >= 4 is 45.6 Å². The molecule has 5 nitrogen and oxygen atoms in total. The topological polar surface area (TPSA) is 75.3 Å². The molecule has 0 bridgehead atoms. The molecule has 0 heterocycles. The maximum Gasteiger partial charge on any atom is 0.319 e. The van der Waals surface area contributed by atoms with Gasteiger partial charge in [-0.25, -0.2) is 13.2 Å². The first-order valence-corrected chi connectivity index (χ1v) is 8.57. The van der Waals surface area contributed by atoms with Gasteiger partial charge in [-0.15, -0.1) is 0 Å². The summed E-state index contributed by atoms with van der Waals surface area (Å²) in [5, 5.41) is 6.17. The molecule has 2 aromatic rings. The van der Waals surface area contributed by atoms with E-state index in [0.29, 0.717) is 21.3 Å². The highest BCUT2D eigenvalue weighted by Crippen LogP contribution is 2.29. The van der Waals surface area contributed by atoms with Gasteiger partial charge in [0.2, 0.25) is 0 Å². The minimum Gasteiger partial charge on any atom is -0.331 e. The fourth-order valence-electron chi connectivity index (χ4n) is 1.96. The van der Waals surface area contributed by atoms with E-state index in [-0.39, 0.29) is 10.9 Å². The lowest BCUT2D eigenvalue weighted by atomic mass is 10.1. The highest BCUT2D eigenvalue weighted by atomic mass is 35.5. The zero-order valence-electron chi connectivity index (χ0n) is 12.0. The second kappa shape index (κ2) is 7.68. The first-order valence-electron chi connectivity index (χ1n) is 6.64. The van der Waals surface area contributed by atoms with Crippen LogP contribution in [-0.2, 0) is 10.7 Å². The molecular formula is C15H14Cl2N2O3S. The number of rotatable bonds is 4. The molecule has 0 unspecified atom stereocenters. The summed E-state index contributed by atoms with van der Waals surface area (Å²) in [4.78, 5) is 12.2. The summed E-state index contributed by atoms with van der Waals surface area (Å²) in [6, 6.07) is 10.3. The van der Waals surface area contributed by atoms with Crippen molar-refractivity contribution in [3.63, 3.8) is 0 Å². The van der Waals surface area contributed by atoms with Gasteiger partial charge in [-0.05, 0) is 42.8 Å². The Morgan fingerprint density at radius 1 is 1.09 bits per heavy atom. The Morgan fingerprint density at radius 2 is 1.74 bits per heavy atom. The van der Waals surface area contributed by atoms with Gasteiger partial charge in [0, 0.05) is 5.69 Å². The fraction of sp³-hybridized carbons (Fsp3) is 0.133. The largest absolute Gasteiger partial charge is 0.331 e. The first kappa shape index (κ1) is 17.6. The lowest BCUT2D eigenvalue weighted by molar-refractivity contribution is 0.249. The van der Waals surface area contributed by atoms with Gasteiger partial charge in [-0.1, -0.05) is 35.3 Å². The highest BCUT2D eigenvalue weighted by Gasteiger charge is 2.14. The average molecular weight is 373 g/mol. The Morgan fingerprint density at radius 3 is 2.35 bits per heavy atom. The average Bonchev–Trinajstić information content (AvgIpc) is 2.50. The lowest BCUT2D eigenvalue weighted by Crippen LogP contribution is -2.31. The molecule has 2 N–H and O–H groups in total. The van der Waals surface area contributed by atoms with Gasteiger partial charge < -0.3 is 10.6 Å². The van der Waals surface area contributed by atoms with Crippen molar-refractivity contribution in [3.8, 4) is 0 Å². The first-order chi connectivity index (χ1) is 10.9. The predicted molar refractivity (Wildman–Crippen MR) is 92.1 cm³/mol. The number of carbonyl (C=O) groups is 1. The van der Waals surface area contributed by atoms with Crippen molar-refractivity contribution in [1.82, 2.24) is 5.32 Å². The van der Waals surface area contributed by atoms with Gasteiger partial charge in [0.25, 0.3) is 0 Å². The van der Waals surface area contributed by atoms with E-state index in [1.54, 1.807) is 25.1 Å². The second-order valence-electron chi connectivity index (χ2n) is 4.77. The summed E-state index contributed by atoms with van der Waals surface area (Å²) < 4.78 is 21.6. The van der Waals surface area contributed by atoms with E-state index in [9.17, 15) is 13.2 Å². The van der Waals surface area contributed by atoms with Crippen molar-refractivity contribution in [2.45, 2.75) is 17.9 Å². The van der Waals surface area contributed by atoms with Crippen LogP contribution in [0.15, 0.2) is 47.4 Å². The number of amides is 2. The Kier molecular flexibility index (Phi) is 5.87. The Labute approximate surface area is 145 Å². The SMILES string of the molecule is C[C@H](NC(=O)Nc1ccc([SH](=O)=O)cc1)c1cccc(Cl)c1Cl. The summed E-state index contributed by atoms with van der Waals surface area (Å²) in [6.07, 6.45) is 0. The van der Waals surface area contributed by atoms with Gasteiger partial charge in [0.15, 0.2) is 10.7 Å². The molecule has 0 aliphatic carbocycles. The summed E-state index contributed by atoms with van der Waals surface area (Å²) in [5.41, 5.74) is 1.18. The number of hydrogen-bond donors (Lipinski definition) is 3. The van der Waals surface area contributed by atoms with E-state index < -0.39 is 16.7 Å². The highest BCUT2D eigenvalue weighted by molar-refractivity contribution is 7.72. The van der Waals surface area contributed by atoms with Crippen LogP contribution in [0.3, 0.4) is 0 Å². The zero-order valence-corrected chi connectivity index (χ0v) is 14.5. The van der Waals surface area contributed by atoms with Crippen LogP contribution in [0.4, 0.5) is 10.5 Å². The van der Waals surface area contributed by atoms with E-state index >= 15 is 0 Å². The van der Waals surface area contributed by atoms with Gasteiger partial charge in [0.1, 0.15) is 0 Å². The number of hydrogen-bond acceptors (Lipinski definition) is 3. The third-order valence-electron chi connectivity index (χ3n) is 3.13. The van der Waals surface area contributed by atoms with Crippen LogP contribution in [0, 0.1) is 0 Å². The molecule has 122 valence electrons. The van der Waals surface area contributed by atoms with Crippen molar-refractivity contribution < 1.29 is 13.2 Å². The number of benzene rings is 2. The van der Waals surface area contributed by atoms with Crippen LogP contribution in [0.2, 0.25) is 10.0 Å². The number of carbonyl (C=O) groups excluding carboxylic acids is 1. The number of halogens is 2. The summed E-state index contributed by atoms with van der Waals surface area (Å²) in [7, 11) is -2.63. The summed E-state index contributed by atoms with van der Waals surface area (Å²) in [6.45, 7) is 1.78. The zero-order chi connectivity index (χ0) is 17.0. The lowest BCUT2D eigenvalue weighted by Gasteiger charge is -2.17. The molecule has 0 saturated heterocycles. The van der Waals surface area contributed by atoms with Crippen LogP contribution in [0.25, 0.3) is 0 Å². The van der Waals surface area contributed by atoms with Gasteiger partial charge in [-0.2, -0.15) is 0 Å². The smallest absolute Gasteiger partial charge is 0.319 e. The number of nitrogens with one attached hydrogen (secondary N) is 2. The normalized spacial score (nSPS) is 12.0. The molecule has 0 fully saturated rings. The van der Waals surface area contributed by atoms with Crippen molar-refractivity contribution in [2.75, 3.05) is 5.32 Å². The third kappa shape index (κ3) is 4.60. The summed E-state index contributed by atoms with van der Waals surface area (Å²) >= 11 is 12.1. The monoisotopic (exact) mass is 372 g/mol. The molecule has 8 heteroatoms. The van der Waals surface area contributed by atoms with Gasteiger partial charge >= 0.3 is 6.03 Å². The van der Waals surface area contributed by atoms with Crippen LogP contribution >= 0.6 is 23.2 Å². The summed E-state index contributed by atoms with van der Waals surface area (Å²) in [5.74, 6) is 0. The Balaban J connectivity index is 2.02. The minimum atomic E-state index is -2.63. The third-order valence-corrected chi connectivity index (χ3v) is 4.68. The molecule has 2 amide bonds. The van der Waals surface area contributed by atoms with E-state index in [1.807, 2.05) is 0 Å². The maximum absolute atomic E-state index is 12.0. The van der Waals surface area contributed by atoms with Crippen molar-refractivity contribution in [3.05, 3.63) is 58.1 Å². The van der Waals surface area contributed by atoms with Crippen LogP contribution < -0.4 is 10.6 Å². The van der Waals surface area contributed by atoms with Gasteiger partial charge in [-0.3, -0.25) is 0 Å². The van der Waals surface area contributed by atoms with E-state index in [1.165, 1.54) is 24.3 Å². The molecule has 0 saturated carbocycles. The van der Waals surface area contributed by atoms with E-state index in [0.717, 1.165) is 0 Å². The number of thiol groups is 1. The quantitative estimate of drug-likeness (QED) is 0.713. The Hall–Kier alpha value is -1.76. The predicted octanol–water partition coefficient (Wildman–Crippen LogP) is 3.85. The molecule has 0 aliphatic rings. The molecule has 0 aliphatic heterocycles. The molecule has 0 radical (unpaired) electrons. The van der Waals surface area contributed by atoms with E-state index in [4.69, 9.17) is 23.2 Å². The minimum absolute atomic E-state index is 0.185. The number of urea groups is 1. The molecule has 0 aromatic heterocycles. The fourth-order valence-corrected chi connectivity index (χ4v) is 2.83. The molecule has 23 heavy (non-hydrogen) atoms. The van der Waals surface area contributed by atoms with Crippen molar-refractivity contribution in [1.29, 1.82) is 0 Å². The molecule has 0 spiro atoms. The molecule has 2 aromatic carbocycles. The molecule has 2 rings (SSSR count). The van der Waals surface area contributed by atoms with E-state index in [2.05, 4.69) is 10.6 Å². The van der Waals surface area contributed by atoms with Crippen LogP contribution in [0.5, 0.6) is 0 Å². The van der Waals surface area contributed by atoms with Gasteiger partial charge in [0.05, 0.1) is 21.0 Å². The molecule has 1 atom stereocenters. The second-order valence-corrected chi connectivity index (χ2v) is 6.58. The van der Waals surface area contributed by atoms with Crippen molar-refractivity contribution in [2.24, 2.45) is 0 Å². The number of anilines is 1. The molecular weight excluding hydrogens is 359 g/mol. The maximum atomic E-state index is 12.0.